The maximum atomic E-state index is 12.1. The number of hydrogen-bond acceptors (Lipinski definition) is 2. The average molecular weight is 409 g/mol. The predicted octanol–water partition coefficient (Wildman–Crippen LogP) is 3.77. The Morgan fingerprint density at radius 3 is 2.56 bits per heavy atom. The minimum absolute atomic E-state index is 0.0543. The molecule has 0 bridgehead atoms. The molecule has 0 aliphatic heterocycles. The lowest BCUT2D eigenvalue weighted by molar-refractivity contribution is -0.275. The molecule has 16 heavy (non-hydrogen) atoms. The van der Waals surface area contributed by atoms with Crippen LogP contribution in [0.4, 0.5) is 13.2 Å². The first-order valence-corrected chi connectivity index (χ1v) is 6.18. The summed E-state index contributed by atoms with van der Waals surface area (Å²) in [5.74, 6) is -0.905. The van der Waals surface area contributed by atoms with E-state index in [0.29, 0.717) is 0 Å². The number of hydrogen-bond donors (Lipinski definition) is 0. The van der Waals surface area contributed by atoms with E-state index in [9.17, 15) is 18.0 Å². The molecule has 2 nitrogen and oxygen atoms in total. The van der Waals surface area contributed by atoms with Crippen LogP contribution in [0, 0.1) is 3.57 Å². The van der Waals surface area contributed by atoms with Gasteiger partial charge in [0.1, 0.15) is 0 Å². The zero-order chi connectivity index (χ0) is 12.3. The number of alkyl halides is 4. The standard InChI is InChI=1S/C9H5BrF3IO2/c10-4-7(15)5-2-1-3-6(14)8(5)16-9(11,12)13/h1-3H,4H2. The second kappa shape index (κ2) is 5.35. The molecule has 0 unspecified atom stereocenters. The lowest BCUT2D eigenvalue weighted by Crippen LogP contribution is -2.20. The smallest absolute Gasteiger partial charge is 0.404 e. The summed E-state index contributed by atoms with van der Waals surface area (Å²) < 4.78 is 40.4. The van der Waals surface area contributed by atoms with Gasteiger partial charge in [0, 0.05) is 0 Å². The van der Waals surface area contributed by atoms with Crippen molar-refractivity contribution in [2.24, 2.45) is 0 Å². The Balaban J connectivity index is 3.19. The molecule has 0 heterocycles. The van der Waals surface area contributed by atoms with Gasteiger partial charge in [0.2, 0.25) is 0 Å². The lowest BCUT2D eigenvalue weighted by Gasteiger charge is -2.13. The van der Waals surface area contributed by atoms with Crippen LogP contribution >= 0.6 is 38.5 Å². The van der Waals surface area contributed by atoms with Crippen LogP contribution in [0.5, 0.6) is 5.75 Å². The normalized spacial score (nSPS) is 11.3. The third-order valence-corrected chi connectivity index (χ3v) is 2.97. The van der Waals surface area contributed by atoms with Crippen molar-refractivity contribution in [1.29, 1.82) is 0 Å². The maximum absolute atomic E-state index is 12.1. The van der Waals surface area contributed by atoms with Gasteiger partial charge in [0.15, 0.2) is 11.5 Å². The Morgan fingerprint density at radius 1 is 1.44 bits per heavy atom. The summed E-state index contributed by atoms with van der Waals surface area (Å²) in [6, 6.07) is 4.24. The summed E-state index contributed by atoms with van der Waals surface area (Å²) >= 11 is 4.58. The van der Waals surface area contributed by atoms with E-state index in [0.717, 1.165) is 0 Å². The predicted molar refractivity (Wildman–Crippen MR) is 64.0 cm³/mol. The summed E-state index contributed by atoms with van der Waals surface area (Å²) in [4.78, 5) is 11.4. The van der Waals surface area contributed by atoms with Gasteiger partial charge >= 0.3 is 6.36 Å². The average Bonchev–Trinajstić information content (AvgIpc) is 2.18. The van der Waals surface area contributed by atoms with Crippen molar-refractivity contribution in [3.05, 3.63) is 27.3 Å². The van der Waals surface area contributed by atoms with Crippen LogP contribution in [-0.4, -0.2) is 17.5 Å². The molecule has 0 spiro atoms. The minimum Gasteiger partial charge on any atom is -0.404 e. The van der Waals surface area contributed by atoms with E-state index < -0.39 is 17.9 Å². The molecular weight excluding hydrogens is 404 g/mol. The van der Waals surface area contributed by atoms with Crippen molar-refractivity contribution >= 4 is 44.3 Å². The van der Waals surface area contributed by atoms with Gasteiger partial charge in [-0.2, -0.15) is 0 Å². The molecule has 1 rings (SSSR count). The monoisotopic (exact) mass is 408 g/mol. The van der Waals surface area contributed by atoms with Crippen LogP contribution in [0.25, 0.3) is 0 Å². The molecule has 0 amide bonds. The second-order valence-electron chi connectivity index (χ2n) is 2.72. The fourth-order valence-corrected chi connectivity index (χ4v) is 1.93. The second-order valence-corrected chi connectivity index (χ2v) is 4.44. The minimum atomic E-state index is -4.80. The summed E-state index contributed by atoms with van der Waals surface area (Å²) in [7, 11) is 0. The lowest BCUT2D eigenvalue weighted by atomic mass is 10.1. The highest BCUT2D eigenvalue weighted by atomic mass is 127. The highest BCUT2D eigenvalue weighted by Crippen LogP contribution is 2.31. The number of para-hydroxylation sites is 1. The first-order chi connectivity index (χ1) is 7.35. The van der Waals surface area contributed by atoms with E-state index in [-0.39, 0.29) is 14.5 Å². The van der Waals surface area contributed by atoms with Gasteiger partial charge in [-0.3, -0.25) is 4.79 Å². The molecule has 0 aromatic heterocycles. The largest absolute Gasteiger partial charge is 0.573 e. The van der Waals surface area contributed by atoms with E-state index in [2.05, 4.69) is 20.7 Å². The molecule has 1 aromatic rings. The van der Waals surface area contributed by atoms with Crippen LogP contribution in [0.15, 0.2) is 18.2 Å². The molecule has 88 valence electrons. The zero-order valence-electron chi connectivity index (χ0n) is 7.65. The molecule has 0 N–H and O–H groups in total. The molecule has 0 aliphatic carbocycles. The SMILES string of the molecule is O=C(CBr)c1cccc(I)c1OC(F)(F)F. The van der Waals surface area contributed by atoms with Gasteiger partial charge in [0.05, 0.1) is 14.5 Å². The van der Waals surface area contributed by atoms with Crippen molar-refractivity contribution < 1.29 is 22.7 Å². The molecule has 0 atom stereocenters. The van der Waals surface area contributed by atoms with E-state index in [1.807, 2.05) is 0 Å². The van der Waals surface area contributed by atoms with Crippen molar-refractivity contribution in [3.8, 4) is 5.75 Å². The summed E-state index contributed by atoms with van der Waals surface area (Å²) in [5, 5.41) is -0.0543. The first kappa shape index (κ1) is 13.8. The first-order valence-electron chi connectivity index (χ1n) is 3.98. The fraction of sp³-hybridized carbons (Fsp3) is 0.222. The van der Waals surface area contributed by atoms with Gasteiger partial charge < -0.3 is 4.74 Å². The molecular formula is C9H5BrF3IO2. The van der Waals surface area contributed by atoms with Crippen LogP contribution in [-0.2, 0) is 0 Å². The van der Waals surface area contributed by atoms with Crippen LogP contribution < -0.4 is 4.74 Å². The van der Waals surface area contributed by atoms with E-state index in [4.69, 9.17) is 0 Å². The molecule has 0 fully saturated rings. The van der Waals surface area contributed by atoms with Crippen LogP contribution in [0.2, 0.25) is 0 Å². The van der Waals surface area contributed by atoms with E-state index in [1.54, 1.807) is 22.6 Å². The molecule has 0 saturated heterocycles. The number of ketones is 1. The number of ether oxygens (including phenoxy) is 1. The van der Waals surface area contributed by atoms with Crippen LogP contribution in [0.1, 0.15) is 10.4 Å². The molecule has 0 radical (unpaired) electrons. The van der Waals surface area contributed by atoms with Crippen molar-refractivity contribution in [3.63, 3.8) is 0 Å². The number of rotatable bonds is 3. The van der Waals surface area contributed by atoms with Gasteiger partial charge in [-0.25, -0.2) is 0 Å². The van der Waals surface area contributed by atoms with E-state index >= 15 is 0 Å². The Kier molecular flexibility index (Phi) is 4.60. The number of carbonyl (C=O) groups excluding carboxylic acids is 1. The number of benzene rings is 1. The van der Waals surface area contributed by atoms with Crippen molar-refractivity contribution in [2.45, 2.75) is 6.36 Å². The topological polar surface area (TPSA) is 26.3 Å². The number of Topliss-reactive ketones (excluding diaryl/α,β-unsaturated/α-hetero) is 1. The van der Waals surface area contributed by atoms with E-state index in [1.165, 1.54) is 18.2 Å². The Morgan fingerprint density at radius 2 is 2.06 bits per heavy atom. The maximum Gasteiger partial charge on any atom is 0.573 e. The third kappa shape index (κ3) is 3.62. The number of halogens is 5. The molecule has 0 aliphatic rings. The fourth-order valence-electron chi connectivity index (χ4n) is 1.02. The third-order valence-electron chi connectivity index (χ3n) is 1.61. The highest BCUT2D eigenvalue weighted by molar-refractivity contribution is 14.1. The quantitative estimate of drug-likeness (QED) is 0.432. The van der Waals surface area contributed by atoms with Crippen molar-refractivity contribution in [1.82, 2.24) is 0 Å². The summed E-state index contributed by atoms with van der Waals surface area (Å²) in [6.45, 7) is 0. The van der Waals surface area contributed by atoms with Gasteiger partial charge in [0.25, 0.3) is 0 Å². The van der Waals surface area contributed by atoms with Gasteiger partial charge in [-0.15, -0.1) is 13.2 Å². The summed E-state index contributed by atoms with van der Waals surface area (Å²) in [5.41, 5.74) is -0.0823. The van der Waals surface area contributed by atoms with Crippen molar-refractivity contribution in [2.75, 3.05) is 5.33 Å². The molecule has 7 heteroatoms. The van der Waals surface area contributed by atoms with Gasteiger partial charge in [-0.05, 0) is 34.7 Å². The molecule has 1 aromatic carbocycles. The Hall–Kier alpha value is -0.310. The molecule has 0 saturated carbocycles. The Bertz CT molecular complexity index is 406. The van der Waals surface area contributed by atoms with Crippen LogP contribution in [0.3, 0.4) is 0 Å². The van der Waals surface area contributed by atoms with Gasteiger partial charge in [-0.1, -0.05) is 22.0 Å². The zero-order valence-corrected chi connectivity index (χ0v) is 11.4. The highest BCUT2D eigenvalue weighted by Gasteiger charge is 2.33. The Labute approximate surface area is 111 Å². The summed E-state index contributed by atoms with van der Waals surface area (Å²) in [6.07, 6.45) is -4.80. The number of carbonyl (C=O) groups is 1.